The minimum absolute atomic E-state index is 0.205. The summed E-state index contributed by atoms with van der Waals surface area (Å²) >= 11 is 11.8. The third kappa shape index (κ3) is 3.56. The lowest BCUT2D eigenvalue weighted by atomic mass is 10.1. The van der Waals surface area contributed by atoms with Crippen molar-refractivity contribution in [1.82, 2.24) is 5.32 Å². The van der Waals surface area contributed by atoms with Gasteiger partial charge in [0.1, 0.15) is 11.5 Å². The second-order valence-corrected chi connectivity index (χ2v) is 5.77. The van der Waals surface area contributed by atoms with Gasteiger partial charge in [0.25, 0.3) is 5.91 Å². The fourth-order valence-electron chi connectivity index (χ4n) is 2.15. The zero-order chi connectivity index (χ0) is 15.5. The monoisotopic (exact) mass is 330 g/mol. The molecule has 0 aliphatic carbocycles. The molecule has 0 bridgehead atoms. The van der Waals surface area contributed by atoms with Crippen LogP contribution in [0.5, 0.6) is 0 Å². The van der Waals surface area contributed by atoms with Crippen LogP contribution in [0.25, 0.3) is 6.08 Å². The third-order valence-electron chi connectivity index (χ3n) is 3.18. The lowest BCUT2D eigenvalue weighted by Crippen LogP contribution is -2.25. The summed E-state index contributed by atoms with van der Waals surface area (Å²) in [5.74, 6) is 0.421. The van der Waals surface area contributed by atoms with Gasteiger partial charge in [0.15, 0.2) is 0 Å². The van der Waals surface area contributed by atoms with Crippen LogP contribution in [0.1, 0.15) is 11.1 Å². The van der Waals surface area contributed by atoms with E-state index in [-0.39, 0.29) is 5.91 Å². The van der Waals surface area contributed by atoms with Crippen molar-refractivity contribution in [2.45, 2.75) is 6.42 Å². The molecule has 0 radical (unpaired) electrons. The number of benzene rings is 2. The number of nitrogens with zero attached hydrogens (tertiary/aromatic N) is 1. The first-order chi connectivity index (χ1) is 10.6. The quantitative estimate of drug-likeness (QED) is 0.845. The average Bonchev–Trinajstić information content (AvgIpc) is 2.81. The highest BCUT2D eigenvalue weighted by molar-refractivity contribution is 6.31. The molecule has 22 heavy (non-hydrogen) atoms. The smallest absolute Gasteiger partial charge is 0.275 e. The molecule has 0 unspecified atom stereocenters. The number of aliphatic imine (C=N–C) groups is 1. The standard InChI is InChI=1S/C17H12Cl2N2O/c18-13-6-4-11(5-7-13)10-16-20-15(17(22)21-16)9-12-2-1-3-14(19)8-12/h1-9H,10H2,(H,20,21,22)/b15-9+. The predicted molar refractivity (Wildman–Crippen MR) is 90.2 cm³/mol. The van der Waals surface area contributed by atoms with Gasteiger partial charge < -0.3 is 5.32 Å². The number of halogens is 2. The van der Waals surface area contributed by atoms with E-state index in [2.05, 4.69) is 10.3 Å². The molecule has 3 nitrogen and oxygen atoms in total. The Kier molecular flexibility index (Phi) is 4.27. The second-order valence-electron chi connectivity index (χ2n) is 4.90. The van der Waals surface area contributed by atoms with E-state index < -0.39 is 0 Å². The summed E-state index contributed by atoms with van der Waals surface area (Å²) in [4.78, 5) is 16.3. The molecule has 3 rings (SSSR count). The number of nitrogens with one attached hydrogen (secondary N) is 1. The van der Waals surface area contributed by atoms with Crippen LogP contribution < -0.4 is 5.32 Å². The van der Waals surface area contributed by atoms with Gasteiger partial charge in [-0.2, -0.15) is 0 Å². The molecule has 1 amide bonds. The molecule has 2 aromatic carbocycles. The molecule has 0 saturated heterocycles. The first kappa shape index (κ1) is 14.8. The Morgan fingerprint density at radius 2 is 1.82 bits per heavy atom. The maximum Gasteiger partial charge on any atom is 0.275 e. The Balaban J connectivity index is 1.80. The van der Waals surface area contributed by atoms with E-state index in [1.54, 1.807) is 18.2 Å². The molecule has 1 heterocycles. The molecule has 0 aromatic heterocycles. The van der Waals surface area contributed by atoms with Crippen molar-refractivity contribution in [3.8, 4) is 0 Å². The average molecular weight is 331 g/mol. The molecule has 0 saturated carbocycles. The number of carbonyl (C=O) groups is 1. The van der Waals surface area contributed by atoms with Crippen molar-refractivity contribution >= 4 is 41.0 Å². The number of amidine groups is 1. The molecular formula is C17H12Cl2N2O. The molecule has 0 atom stereocenters. The van der Waals surface area contributed by atoms with Gasteiger partial charge in [-0.15, -0.1) is 0 Å². The summed E-state index contributed by atoms with van der Waals surface area (Å²) in [7, 11) is 0. The highest BCUT2D eigenvalue weighted by Gasteiger charge is 2.19. The number of hydrogen-bond acceptors (Lipinski definition) is 2. The summed E-state index contributed by atoms with van der Waals surface area (Å²) in [6.07, 6.45) is 2.27. The Labute approximate surface area is 138 Å². The van der Waals surface area contributed by atoms with Crippen molar-refractivity contribution in [2.24, 2.45) is 4.99 Å². The highest BCUT2D eigenvalue weighted by atomic mass is 35.5. The van der Waals surface area contributed by atoms with Crippen LogP contribution in [0.15, 0.2) is 59.2 Å². The number of carbonyl (C=O) groups excluding carboxylic acids is 1. The van der Waals surface area contributed by atoms with Gasteiger partial charge in [0.05, 0.1) is 0 Å². The largest absolute Gasteiger partial charge is 0.308 e. The number of amides is 1. The van der Waals surface area contributed by atoms with E-state index in [4.69, 9.17) is 23.2 Å². The Bertz CT molecular complexity index is 780. The predicted octanol–water partition coefficient (Wildman–Crippen LogP) is 4.11. The third-order valence-corrected chi connectivity index (χ3v) is 3.67. The van der Waals surface area contributed by atoms with Crippen LogP contribution in [0.4, 0.5) is 0 Å². The minimum atomic E-state index is -0.205. The van der Waals surface area contributed by atoms with Crippen molar-refractivity contribution in [2.75, 3.05) is 0 Å². The van der Waals surface area contributed by atoms with Crippen LogP contribution >= 0.6 is 23.2 Å². The van der Waals surface area contributed by atoms with Gasteiger partial charge >= 0.3 is 0 Å². The van der Waals surface area contributed by atoms with Gasteiger partial charge in [0.2, 0.25) is 0 Å². The summed E-state index contributed by atoms with van der Waals surface area (Å²) in [6, 6.07) is 14.7. The number of hydrogen-bond donors (Lipinski definition) is 1. The van der Waals surface area contributed by atoms with Crippen LogP contribution in [0.2, 0.25) is 10.0 Å². The number of rotatable bonds is 3. The fourth-order valence-corrected chi connectivity index (χ4v) is 2.48. The SMILES string of the molecule is O=C1NC(Cc2ccc(Cl)cc2)=N/C1=C/c1cccc(Cl)c1. The van der Waals surface area contributed by atoms with Crippen molar-refractivity contribution < 1.29 is 4.79 Å². The molecule has 0 spiro atoms. The molecule has 110 valence electrons. The van der Waals surface area contributed by atoms with Crippen LogP contribution in [0.3, 0.4) is 0 Å². The maximum atomic E-state index is 12.0. The molecule has 1 N–H and O–H groups in total. The van der Waals surface area contributed by atoms with E-state index in [0.29, 0.717) is 28.0 Å². The molecule has 5 heteroatoms. The van der Waals surface area contributed by atoms with Crippen LogP contribution in [-0.4, -0.2) is 11.7 Å². The van der Waals surface area contributed by atoms with Gasteiger partial charge in [-0.25, -0.2) is 4.99 Å². The Morgan fingerprint density at radius 3 is 2.55 bits per heavy atom. The molecule has 1 aliphatic heterocycles. The van der Waals surface area contributed by atoms with E-state index >= 15 is 0 Å². The fraction of sp³-hybridized carbons (Fsp3) is 0.0588. The van der Waals surface area contributed by atoms with Gasteiger partial charge in [-0.1, -0.05) is 47.5 Å². The van der Waals surface area contributed by atoms with Crippen molar-refractivity contribution in [3.63, 3.8) is 0 Å². The van der Waals surface area contributed by atoms with Gasteiger partial charge in [0, 0.05) is 16.5 Å². The minimum Gasteiger partial charge on any atom is -0.308 e. The molecule has 1 aliphatic rings. The Morgan fingerprint density at radius 1 is 1.05 bits per heavy atom. The second kappa shape index (κ2) is 6.34. The van der Waals surface area contributed by atoms with Gasteiger partial charge in [-0.05, 0) is 41.5 Å². The molecule has 0 fully saturated rings. The maximum absolute atomic E-state index is 12.0. The van der Waals surface area contributed by atoms with Gasteiger partial charge in [-0.3, -0.25) is 4.79 Å². The van der Waals surface area contributed by atoms with E-state index in [1.807, 2.05) is 36.4 Å². The van der Waals surface area contributed by atoms with Crippen LogP contribution in [-0.2, 0) is 11.2 Å². The van der Waals surface area contributed by atoms with E-state index in [1.165, 1.54) is 0 Å². The van der Waals surface area contributed by atoms with E-state index in [9.17, 15) is 4.79 Å². The highest BCUT2D eigenvalue weighted by Crippen LogP contribution is 2.17. The van der Waals surface area contributed by atoms with Crippen molar-refractivity contribution in [1.29, 1.82) is 0 Å². The summed E-state index contributed by atoms with van der Waals surface area (Å²) in [5.41, 5.74) is 2.26. The Hall–Kier alpha value is -2.10. The van der Waals surface area contributed by atoms with Crippen molar-refractivity contribution in [3.05, 3.63) is 75.4 Å². The molecule has 2 aromatic rings. The zero-order valence-corrected chi connectivity index (χ0v) is 13.0. The summed E-state index contributed by atoms with van der Waals surface area (Å²) in [5, 5.41) is 4.09. The zero-order valence-electron chi connectivity index (χ0n) is 11.5. The summed E-state index contributed by atoms with van der Waals surface area (Å²) in [6.45, 7) is 0. The summed E-state index contributed by atoms with van der Waals surface area (Å²) < 4.78 is 0. The normalized spacial score (nSPS) is 15.8. The molecular weight excluding hydrogens is 319 g/mol. The van der Waals surface area contributed by atoms with E-state index in [0.717, 1.165) is 11.1 Å². The first-order valence-electron chi connectivity index (χ1n) is 6.71. The topological polar surface area (TPSA) is 41.5 Å². The lowest BCUT2D eigenvalue weighted by molar-refractivity contribution is -0.115. The lowest BCUT2D eigenvalue weighted by Gasteiger charge is -2.00. The van der Waals surface area contributed by atoms with Crippen LogP contribution in [0, 0.1) is 0 Å². The first-order valence-corrected chi connectivity index (χ1v) is 7.46.